The monoisotopic (exact) mass is 441 g/mol. The van der Waals surface area contributed by atoms with Crippen molar-refractivity contribution < 1.29 is 4.79 Å². The Morgan fingerprint density at radius 2 is 1.72 bits per heavy atom. The van der Waals surface area contributed by atoms with E-state index in [0.717, 1.165) is 45.3 Å². The van der Waals surface area contributed by atoms with Crippen LogP contribution in [0.15, 0.2) is 71.8 Å². The number of thiazole rings is 1. The van der Waals surface area contributed by atoms with E-state index in [4.69, 9.17) is 4.98 Å². The maximum atomic E-state index is 12.6. The standard InChI is InChI=1S/C25H23N5OS/c31-24(21-14-13-18-9-5-6-12-20(18)27-21)29-26-17-22-23(19-10-3-1-4-11-19)28-25(32-22)30-15-7-2-8-16-30/h1,3-6,9-14,17H,2,7-8,15-16H2,(H,29,31)/b26-17-. The predicted molar refractivity (Wildman–Crippen MR) is 130 cm³/mol. The second-order valence-corrected chi connectivity index (χ2v) is 8.72. The van der Waals surface area contributed by atoms with Crippen LogP contribution in [-0.2, 0) is 0 Å². The Kier molecular flexibility index (Phi) is 5.89. The summed E-state index contributed by atoms with van der Waals surface area (Å²) in [6.07, 6.45) is 5.35. The van der Waals surface area contributed by atoms with Crippen LogP contribution in [0.3, 0.4) is 0 Å². The minimum atomic E-state index is -0.339. The molecular weight excluding hydrogens is 418 g/mol. The van der Waals surface area contributed by atoms with Crippen LogP contribution < -0.4 is 10.3 Å². The predicted octanol–water partition coefficient (Wildman–Crippen LogP) is 5.11. The average Bonchev–Trinajstić information content (AvgIpc) is 3.29. The quantitative estimate of drug-likeness (QED) is 0.345. The highest BCUT2D eigenvalue weighted by Crippen LogP contribution is 2.33. The van der Waals surface area contributed by atoms with E-state index in [1.807, 2.05) is 60.7 Å². The summed E-state index contributed by atoms with van der Waals surface area (Å²) in [7, 11) is 0. The van der Waals surface area contributed by atoms with Gasteiger partial charge in [-0.2, -0.15) is 5.10 Å². The first-order valence-corrected chi connectivity index (χ1v) is 11.6. The summed E-state index contributed by atoms with van der Waals surface area (Å²) in [4.78, 5) is 25.2. The number of carbonyl (C=O) groups excluding carboxylic acids is 1. The molecule has 4 aromatic rings. The lowest BCUT2D eigenvalue weighted by atomic mass is 10.1. The Morgan fingerprint density at radius 3 is 2.56 bits per heavy atom. The molecule has 0 saturated carbocycles. The number of hydrogen-bond acceptors (Lipinski definition) is 6. The number of rotatable bonds is 5. The zero-order valence-corrected chi connectivity index (χ0v) is 18.4. The molecule has 1 aliphatic rings. The molecule has 2 aromatic carbocycles. The molecule has 0 aliphatic carbocycles. The molecule has 0 radical (unpaired) electrons. The van der Waals surface area contributed by atoms with Crippen molar-refractivity contribution in [3.8, 4) is 11.3 Å². The van der Waals surface area contributed by atoms with Crippen molar-refractivity contribution in [2.75, 3.05) is 18.0 Å². The summed E-state index contributed by atoms with van der Waals surface area (Å²) in [6, 6.07) is 21.4. The van der Waals surface area contributed by atoms with Crippen molar-refractivity contribution in [1.82, 2.24) is 15.4 Å². The van der Waals surface area contributed by atoms with Crippen molar-refractivity contribution in [2.45, 2.75) is 19.3 Å². The Labute approximate surface area is 190 Å². The van der Waals surface area contributed by atoms with Crippen LogP contribution in [0.25, 0.3) is 22.2 Å². The number of nitrogens with zero attached hydrogens (tertiary/aromatic N) is 4. The SMILES string of the molecule is O=C(N/N=C\c1sc(N2CCCCC2)nc1-c1ccccc1)c1ccc2ccccc2n1. The summed E-state index contributed by atoms with van der Waals surface area (Å²) in [5, 5.41) is 6.23. The summed E-state index contributed by atoms with van der Waals surface area (Å²) in [6.45, 7) is 2.06. The van der Waals surface area contributed by atoms with Gasteiger partial charge in [-0.3, -0.25) is 4.79 Å². The number of benzene rings is 2. The van der Waals surface area contributed by atoms with Gasteiger partial charge in [0.1, 0.15) is 5.69 Å². The molecule has 3 heterocycles. The fraction of sp³-hybridized carbons (Fsp3) is 0.200. The summed E-state index contributed by atoms with van der Waals surface area (Å²) < 4.78 is 0. The molecule has 1 saturated heterocycles. The van der Waals surface area contributed by atoms with Gasteiger partial charge in [0.15, 0.2) is 5.13 Å². The van der Waals surface area contributed by atoms with Gasteiger partial charge in [-0.1, -0.05) is 65.9 Å². The highest BCUT2D eigenvalue weighted by Gasteiger charge is 2.18. The van der Waals surface area contributed by atoms with Gasteiger partial charge >= 0.3 is 0 Å². The maximum absolute atomic E-state index is 12.6. The van der Waals surface area contributed by atoms with E-state index in [-0.39, 0.29) is 5.91 Å². The second-order valence-electron chi connectivity index (χ2n) is 7.71. The molecule has 0 unspecified atom stereocenters. The Balaban J connectivity index is 1.38. The summed E-state index contributed by atoms with van der Waals surface area (Å²) in [5.41, 5.74) is 5.66. The number of anilines is 1. The third kappa shape index (κ3) is 4.38. The highest BCUT2D eigenvalue weighted by molar-refractivity contribution is 7.17. The van der Waals surface area contributed by atoms with E-state index in [2.05, 4.69) is 20.4 Å². The molecule has 0 bridgehead atoms. The number of para-hydroxylation sites is 1. The molecule has 5 rings (SSSR count). The average molecular weight is 442 g/mol. The zero-order valence-electron chi connectivity index (χ0n) is 17.6. The molecule has 1 amide bonds. The van der Waals surface area contributed by atoms with E-state index in [1.165, 1.54) is 19.3 Å². The molecule has 160 valence electrons. The summed E-state index contributed by atoms with van der Waals surface area (Å²) in [5.74, 6) is -0.339. The maximum Gasteiger partial charge on any atom is 0.289 e. The molecular formula is C25H23N5OS. The zero-order chi connectivity index (χ0) is 21.8. The molecule has 1 aliphatic heterocycles. The van der Waals surface area contributed by atoms with Crippen molar-refractivity contribution in [1.29, 1.82) is 0 Å². The highest BCUT2D eigenvalue weighted by atomic mass is 32.1. The van der Waals surface area contributed by atoms with Crippen molar-refractivity contribution in [3.05, 3.63) is 77.3 Å². The van der Waals surface area contributed by atoms with Crippen LogP contribution in [-0.4, -0.2) is 35.2 Å². The number of fused-ring (bicyclic) bond motifs is 1. The van der Waals surface area contributed by atoms with Crippen molar-refractivity contribution in [2.24, 2.45) is 5.10 Å². The number of hydrazone groups is 1. The minimum absolute atomic E-state index is 0.336. The van der Waals surface area contributed by atoms with Crippen molar-refractivity contribution in [3.63, 3.8) is 0 Å². The molecule has 6 nitrogen and oxygen atoms in total. The van der Waals surface area contributed by atoms with Crippen LogP contribution in [0.5, 0.6) is 0 Å². The first kappa shape index (κ1) is 20.3. The van der Waals surface area contributed by atoms with Gasteiger partial charge in [0.2, 0.25) is 0 Å². The van der Waals surface area contributed by atoms with Crippen LogP contribution in [0.1, 0.15) is 34.6 Å². The normalized spacial score (nSPS) is 14.2. The largest absolute Gasteiger partial charge is 0.348 e. The van der Waals surface area contributed by atoms with Gasteiger partial charge in [-0.05, 0) is 31.4 Å². The smallest absolute Gasteiger partial charge is 0.289 e. The fourth-order valence-electron chi connectivity index (χ4n) is 3.83. The van der Waals surface area contributed by atoms with Gasteiger partial charge in [0, 0.05) is 24.0 Å². The molecule has 1 fully saturated rings. The Bertz CT molecular complexity index is 1260. The Morgan fingerprint density at radius 1 is 0.938 bits per heavy atom. The topological polar surface area (TPSA) is 70.5 Å². The summed E-state index contributed by atoms with van der Waals surface area (Å²) >= 11 is 1.61. The van der Waals surface area contributed by atoms with E-state index in [0.29, 0.717) is 5.69 Å². The van der Waals surface area contributed by atoms with E-state index in [1.54, 1.807) is 23.6 Å². The fourth-order valence-corrected chi connectivity index (χ4v) is 4.84. The lowest BCUT2D eigenvalue weighted by molar-refractivity contribution is 0.0950. The van der Waals surface area contributed by atoms with E-state index in [9.17, 15) is 4.79 Å². The minimum Gasteiger partial charge on any atom is -0.348 e. The van der Waals surface area contributed by atoms with Gasteiger partial charge in [-0.25, -0.2) is 15.4 Å². The molecule has 1 N–H and O–H groups in total. The van der Waals surface area contributed by atoms with E-state index >= 15 is 0 Å². The number of pyridine rings is 1. The number of piperidine rings is 1. The van der Waals surface area contributed by atoms with Gasteiger partial charge in [0.05, 0.1) is 22.3 Å². The third-order valence-corrected chi connectivity index (χ3v) is 6.55. The van der Waals surface area contributed by atoms with Crippen LogP contribution in [0, 0.1) is 0 Å². The molecule has 32 heavy (non-hydrogen) atoms. The van der Waals surface area contributed by atoms with Crippen LogP contribution >= 0.6 is 11.3 Å². The second kappa shape index (κ2) is 9.28. The lowest BCUT2D eigenvalue weighted by Crippen LogP contribution is -2.29. The number of amides is 1. The van der Waals surface area contributed by atoms with Gasteiger partial charge < -0.3 is 4.90 Å². The lowest BCUT2D eigenvalue weighted by Gasteiger charge is -2.25. The van der Waals surface area contributed by atoms with Gasteiger partial charge in [-0.15, -0.1) is 0 Å². The van der Waals surface area contributed by atoms with Crippen molar-refractivity contribution >= 4 is 39.5 Å². The van der Waals surface area contributed by atoms with Gasteiger partial charge in [0.25, 0.3) is 5.91 Å². The first-order valence-electron chi connectivity index (χ1n) is 10.8. The van der Waals surface area contributed by atoms with Crippen LogP contribution in [0.4, 0.5) is 5.13 Å². The van der Waals surface area contributed by atoms with E-state index < -0.39 is 0 Å². The molecule has 7 heteroatoms. The number of carbonyl (C=O) groups is 1. The number of hydrogen-bond donors (Lipinski definition) is 1. The third-order valence-electron chi connectivity index (χ3n) is 5.49. The molecule has 2 aromatic heterocycles. The molecule has 0 spiro atoms. The number of nitrogens with one attached hydrogen (secondary N) is 1. The molecule has 0 atom stereocenters. The first-order chi connectivity index (χ1) is 15.8. The van der Waals surface area contributed by atoms with Crippen LogP contribution in [0.2, 0.25) is 0 Å². The number of aromatic nitrogens is 2. The Hall–Kier alpha value is -3.58.